The fourth-order valence-corrected chi connectivity index (χ4v) is 4.94. The van der Waals surface area contributed by atoms with Crippen molar-refractivity contribution in [3.63, 3.8) is 0 Å². The first-order valence-electron chi connectivity index (χ1n) is 10.3. The third-order valence-electron chi connectivity index (χ3n) is 5.49. The Labute approximate surface area is 176 Å². The van der Waals surface area contributed by atoms with Crippen LogP contribution in [0.5, 0.6) is 5.75 Å². The topological polar surface area (TPSA) is 114 Å². The highest BCUT2D eigenvalue weighted by Crippen LogP contribution is 2.47. The standard InChI is InChI=1S/C20H27N3O6S/c24-18-12-23(19(25)21-18)14-28-9-2-10-30(26,27)22-20(7-8-20)16-3-1-4-17(11-16)29-13-15-5-6-15/h1,3-4,11,15,22H,2,5-10,12-14H2,(H,21,24,25). The molecule has 0 spiro atoms. The summed E-state index contributed by atoms with van der Waals surface area (Å²) in [4.78, 5) is 23.7. The molecule has 164 valence electrons. The minimum absolute atomic E-state index is 0.0371. The maximum atomic E-state index is 12.6. The number of sulfonamides is 1. The molecule has 1 heterocycles. The van der Waals surface area contributed by atoms with Crippen molar-refractivity contribution in [1.29, 1.82) is 0 Å². The highest BCUT2D eigenvalue weighted by Gasteiger charge is 2.47. The van der Waals surface area contributed by atoms with Crippen LogP contribution < -0.4 is 14.8 Å². The quantitative estimate of drug-likeness (QED) is 0.376. The summed E-state index contributed by atoms with van der Waals surface area (Å²) in [6, 6.07) is 7.18. The average Bonchev–Trinajstić information content (AvgIpc) is 3.61. The molecular formula is C20H27N3O6S. The van der Waals surface area contributed by atoms with E-state index in [2.05, 4.69) is 10.0 Å². The highest BCUT2D eigenvalue weighted by atomic mass is 32.2. The second-order valence-corrected chi connectivity index (χ2v) is 10.1. The third-order valence-corrected chi connectivity index (χ3v) is 7.01. The molecule has 3 fully saturated rings. The van der Waals surface area contributed by atoms with Gasteiger partial charge in [0.2, 0.25) is 15.9 Å². The van der Waals surface area contributed by atoms with Crippen LogP contribution in [0.2, 0.25) is 0 Å². The van der Waals surface area contributed by atoms with Gasteiger partial charge in [0.05, 0.1) is 17.9 Å². The molecule has 1 saturated heterocycles. The summed E-state index contributed by atoms with van der Waals surface area (Å²) < 4.78 is 39.1. The van der Waals surface area contributed by atoms with Gasteiger partial charge in [-0.25, -0.2) is 17.9 Å². The molecule has 2 saturated carbocycles. The van der Waals surface area contributed by atoms with E-state index in [1.54, 1.807) is 0 Å². The lowest BCUT2D eigenvalue weighted by molar-refractivity contribution is -0.118. The van der Waals surface area contributed by atoms with E-state index in [0.717, 1.165) is 30.8 Å². The van der Waals surface area contributed by atoms with Crippen molar-refractivity contribution >= 4 is 22.0 Å². The number of carbonyl (C=O) groups is 2. The van der Waals surface area contributed by atoms with Gasteiger partial charge in [0, 0.05) is 6.61 Å². The van der Waals surface area contributed by atoms with Crippen LogP contribution in [0.1, 0.15) is 37.7 Å². The van der Waals surface area contributed by atoms with E-state index in [-0.39, 0.29) is 31.5 Å². The summed E-state index contributed by atoms with van der Waals surface area (Å²) in [5.74, 6) is 0.997. The predicted molar refractivity (Wildman–Crippen MR) is 108 cm³/mol. The van der Waals surface area contributed by atoms with Gasteiger partial charge in [0.15, 0.2) is 0 Å². The summed E-state index contributed by atoms with van der Waals surface area (Å²) >= 11 is 0. The zero-order chi connectivity index (χ0) is 21.2. The molecule has 0 bridgehead atoms. The van der Waals surface area contributed by atoms with Crippen LogP contribution in [0.4, 0.5) is 4.79 Å². The first-order chi connectivity index (χ1) is 14.4. The number of imide groups is 1. The monoisotopic (exact) mass is 437 g/mol. The Balaban J connectivity index is 1.23. The zero-order valence-electron chi connectivity index (χ0n) is 16.8. The van der Waals surface area contributed by atoms with E-state index in [1.807, 2.05) is 24.3 Å². The van der Waals surface area contributed by atoms with Gasteiger partial charge in [0.25, 0.3) is 0 Å². The first-order valence-corrected chi connectivity index (χ1v) is 11.9. The number of nitrogens with one attached hydrogen (secondary N) is 2. The molecule has 0 radical (unpaired) electrons. The van der Waals surface area contributed by atoms with Crippen LogP contribution in [0.3, 0.4) is 0 Å². The van der Waals surface area contributed by atoms with Crippen LogP contribution in [0.25, 0.3) is 0 Å². The van der Waals surface area contributed by atoms with Crippen LogP contribution in [-0.4, -0.2) is 57.5 Å². The number of ether oxygens (including phenoxy) is 2. The number of carbonyl (C=O) groups excluding carboxylic acids is 2. The molecule has 4 rings (SSSR count). The van der Waals surface area contributed by atoms with E-state index in [0.29, 0.717) is 12.3 Å². The molecule has 3 amide bonds. The largest absolute Gasteiger partial charge is 0.493 e. The minimum atomic E-state index is -3.49. The number of nitrogens with zero attached hydrogens (tertiary/aromatic N) is 1. The molecule has 0 aromatic heterocycles. The molecule has 1 aromatic rings. The molecule has 0 atom stereocenters. The second kappa shape index (κ2) is 8.52. The summed E-state index contributed by atoms with van der Waals surface area (Å²) in [7, 11) is -3.49. The fourth-order valence-electron chi connectivity index (χ4n) is 3.42. The Hall–Kier alpha value is -2.17. The molecule has 2 N–H and O–H groups in total. The molecule has 1 aromatic carbocycles. The van der Waals surface area contributed by atoms with Crippen LogP contribution in [0.15, 0.2) is 24.3 Å². The second-order valence-electron chi connectivity index (χ2n) is 8.23. The Morgan fingerprint density at radius 1 is 1.23 bits per heavy atom. The average molecular weight is 438 g/mol. The Kier molecular flexibility index (Phi) is 5.99. The van der Waals surface area contributed by atoms with Crippen LogP contribution in [-0.2, 0) is 25.1 Å². The third kappa shape index (κ3) is 5.50. The first kappa shape index (κ1) is 21.1. The molecule has 30 heavy (non-hydrogen) atoms. The lowest BCUT2D eigenvalue weighted by Crippen LogP contribution is -2.37. The molecule has 3 aliphatic rings. The molecule has 2 aliphatic carbocycles. The number of amides is 3. The van der Waals surface area contributed by atoms with Gasteiger partial charge in [-0.05, 0) is 55.7 Å². The number of urea groups is 1. The van der Waals surface area contributed by atoms with Crippen LogP contribution >= 0.6 is 0 Å². The van der Waals surface area contributed by atoms with E-state index < -0.39 is 21.6 Å². The molecule has 9 nitrogen and oxygen atoms in total. The van der Waals surface area contributed by atoms with Crippen molar-refractivity contribution in [2.75, 3.05) is 32.2 Å². The van der Waals surface area contributed by atoms with E-state index in [1.165, 1.54) is 17.7 Å². The number of benzene rings is 1. The molecule has 10 heteroatoms. The Morgan fingerprint density at radius 3 is 2.70 bits per heavy atom. The van der Waals surface area contributed by atoms with Crippen molar-refractivity contribution in [2.45, 2.75) is 37.6 Å². The summed E-state index contributed by atoms with van der Waals surface area (Å²) in [5.41, 5.74) is 0.382. The molecule has 0 unspecified atom stereocenters. The molecular weight excluding hydrogens is 410 g/mol. The number of hydrogen-bond acceptors (Lipinski definition) is 6. The zero-order valence-corrected chi connectivity index (χ0v) is 17.6. The van der Waals surface area contributed by atoms with Crippen molar-refractivity contribution in [3.8, 4) is 5.75 Å². The minimum Gasteiger partial charge on any atom is -0.493 e. The molecule has 1 aliphatic heterocycles. The smallest absolute Gasteiger partial charge is 0.326 e. The van der Waals surface area contributed by atoms with Gasteiger partial charge in [-0.2, -0.15) is 0 Å². The van der Waals surface area contributed by atoms with Crippen molar-refractivity contribution in [3.05, 3.63) is 29.8 Å². The number of rotatable bonds is 12. The maximum Gasteiger partial charge on any atom is 0.326 e. The number of hydrogen-bond donors (Lipinski definition) is 2. The Morgan fingerprint density at radius 2 is 2.03 bits per heavy atom. The van der Waals surface area contributed by atoms with Gasteiger partial charge >= 0.3 is 6.03 Å². The lowest BCUT2D eigenvalue weighted by Gasteiger charge is -2.19. The normalized spacial score (nSPS) is 20.3. The van der Waals surface area contributed by atoms with Crippen molar-refractivity contribution in [1.82, 2.24) is 14.9 Å². The van der Waals surface area contributed by atoms with Crippen LogP contribution in [0, 0.1) is 5.92 Å². The van der Waals surface area contributed by atoms with E-state index >= 15 is 0 Å². The van der Waals surface area contributed by atoms with Gasteiger partial charge < -0.3 is 9.47 Å². The Bertz CT molecular complexity index is 911. The highest BCUT2D eigenvalue weighted by molar-refractivity contribution is 7.89. The van der Waals surface area contributed by atoms with E-state index in [9.17, 15) is 18.0 Å². The summed E-state index contributed by atoms with van der Waals surface area (Å²) in [5, 5.41) is 2.15. The SMILES string of the molecule is O=C1CN(COCCCS(=O)(=O)NC2(c3cccc(OCC4CC4)c3)CC2)C(=O)N1. The van der Waals surface area contributed by atoms with Gasteiger partial charge in [0.1, 0.15) is 19.0 Å². The van der Waals surface area contributed by atoms with Gasteiger partial charge in [-0.3, -0.25) is 15.0 Å². The fraction of sp³-hybridized carbons (Fsp3) is 0.600. The van der Waals surface area contributed by atoms with Crippen molar-refractivity contribution < 1.29 is 27.5 Å². The van der Waals surface area contributed by atoms with Gasteiger partial charge in [-0.15, -0.1) is 0 Å². The predicted octanol–water partition coefficient (Wildman–Crippen LogP) is 1.30. The maximum absolute atomic E-state index is 12.6. The summed E-state index contributed by atoms with van der Waals surface area (Å²) in [6.45, 7) is 0.819. The van der Waals surface area contributed by atoms with Gasteiger partial charge in [-0.1, -0.05) is 12.1 Å². The summed E-state index contributed by atoms with van der Waals surface area (Å²) in [6.07, 6.45) is 4.24. The lowest BCUT2D eigenvalue weighted by atomic mass is 10.1. The van der Waals surface area contributed by atoms with Crippen molar-refractivity contribution in [2.24, 2.45) is 5.92 Å². The van der Waals surface area contributed by atoms with E-state index in [4.69, 9.17) is 9.47 Å².